The molecule has 0 saturated carbocycles. The van der Waals surface area contributed by atoms with Gasteiger partial charge in [0.1, 0.15) is 5.82 Å². The molecule has 0 radical (unpaired) electrons. The molecule has 0 fully saturated rings. The molecule has 0 aliphatic heterocycles. The standard InChI is InChI=1S/C19H37N3O/c1-4-6-7-8-9-10-11-12-13-14-19-21-16(3)17(15-23)22(19)18(20)5-2/h18,23H,4-15,20H2,1-3H3. The molecule has 1 aromatic heterocycles. The maximum Gasteiger partial charge on any atom is 0.110 e. The predicted molar refractivity (Wildman–Crippen MR) is 97.3 cm³/mol. The summed E-state index contributed by atoms with van der Waals surface area (Å²) >= 11 is 0. The van der Waals surface area contributed by atoms with Crippen molar-refractivity contribution in [2.75, 3.05) is 0 Å². The Balaban J connectivity index is 2.34. The first-order valence-electron chi connectivity index (χ1n) is 9.58. The van der Waals surface area contributed by atoms with Crippen LogP contribution >= 0.6 is 0 Å². The summed E-state index contributed by atoms with van der Waals surface area (Å²) in [5, 5.41) is 9.57. The smallest absolute Gasteiger partial charge is 0.110 e. The Hall–Kier alpha value is -0.870. The highest BCUT2D eigenvalue weighted by molar-refractivity contribution is 5.16. The number of nitrogens with two attached hydrogens (primary N) is 1. The van der Waals surface area contributed by atoms with Crippen molar-refractivity contribution in [1.29, 1.82) is 0 Å². The Morgan fingerprint density at radius 3 is 2.09 bits per heavy atom. The van der Waals surface area contributed by atoms with Gasteiger partial charge in [0.2, 0.25) is 0 Å². The number of imidazole rings is 1. The van der Waals surface area contributed by atoms with Gasteiger partial charge < -0.3 is 15.4 Å². The lowest BCUT2D eigenvalue weighted by molar-refractivity contribution is 0.263. The van der Waals surface area contributed by atoms with Crippen LogP contribution < -0.4 is 5.73 Å². The van der Waals surface area contributed by atoms with Gasteiger partial charge >= 0.3 is 0 Å². The molecule has 4 heteroatoms. The Kier molecular flexibility index (Phi) is 10.2. The van der Waals surface area contributed by atoms with E-state index in [0.29, 0.717) is 0 Å². The Morgan fingerprint density at radius 1 is 1.00 bits per heavy atom. The fourth-order valence-electron chi connectivity index (χ4n) is 3.18. The van der Waals surface area contributed by atoms with E-state index in [0.717, 1.165) is 36.5 Å². The summed E-state index contributed by atoms with van der Waals surface area (Å²) in [6.45, 7) is 6.32. The molecule has 1 unspecified atom stereocenters. The summed E-state index contributed by atoms with van der Waals surface area (Å²) in [6.07, 6.45) is 13.7. The lowest BCUT2D eigenvalue weighted by Gasteiger charge is -2.17. The predicted octanol–water partition coefficient (Wildman–Crippen LogP) is 4.62. The van der Waals surface area contributed by atoms with E-state index in [1.54, 1.807) is 0 Å². The average Bonchev–Trinajstić information content (AvgIpc) is 2.88. The third-order valence-electron chi connectivity index (χ3n) is 4.69. The fraction of sp³-hybridized carbons (Fsp3) is 0.842. The van der Waals surface area contributed by atoms with Gasteiger partial charge in [0, 0.05) is 6.42 Å². The van der Waals surface area contributed by atoms with Gasteiger partial charge in [0.25, 0.3) is 0 Å². The Morgan fingerprint density at radius 2 is 1.57 bits per heavy atom. The number of aliphatic hydroxyl groups excluding tert-OH is 1. The molecule has 4 nitrogen and oxygen atoms in total. The second-order valence-corrected chi connectivity index (χ2v) is 6.64. The lowest BCUT2D eigenvalue weighted by atomic mass is 10.1. The zero-order valence-corrected chi connectivity index (χ0v) is 15.5. The Labute approximate surface area is 142 Å². The Bertz CT molecular complexity index is 428. The van der Waals surface area contributed by atoms with Crippen LogP contribution in [0.1, 0.15) is 101 Å². The molecule has 134 valence electrons. The van der Waals surface area contributed by atoms with Crippen LogP contribution in [0.3, 0.4) is 0 Å². The van der Waals surface area contributed by atoms with Crippen LogP contribution in [0.4, 0.5) is 0 Å². The van der Waals surface area contributed by atoms with Crippen molar-refractivity contribution in [3.05, 3.63) is 17.2 Å². The summed E-state index contributed by atoms with van der Waals surface area (Å²) in [6, 6.07) is 0. The maximum atomic E-state index is 9.57. The van der Waals surface area contributed by atoms with E-state index in [-0.39, 0.29) is 12.8 Å². The van der Waals surface area contributed by atoms with E-state index in [2.05, 4.69) is 23.4 Å². The minimum atomic E-state index is -0.0769. The topological polar surface area (TPSA) is 64.1 Å². The number of rotatable bonds is 13. The van der Waals surface area contributed by atoms with Gasteiger partial charge in [-0.15, -0.1) is 0 Å². The van der Waals surface area contributed by atoms with Gasteiger partial charge in [-0.1, -0.05) is 65.2 Å². The van der Waals surface area contributed by atoms with Crippen LogP contribution in [-0.4, -0.2) is 14.7 Å². The largest absolute Gasteiger partial charge is 0.390 e. The molecule has 0 aromatic carbocycles. The molecule has 0 spiro atoms. The summed E-state index contributed by atoms with van der Waals surface area (Å²) < 4.78 is 2.06. The van der Waals surface area contributed by atoms with E-state index < -0.39 is 0 Å². The highest BCUT2D eigenvalue weighted by Crippen LogP contribution is 2.19. The van der Waals surface area contributed by atoms with Crippen molar-refractivity contribution >= 4 is 0 Å². The van der Waals surface area contributed by atoms with E-state index in [1.807, 2.05) is 6.92 Å². The number of aliphatic hydroxyl groups is 1. The van der Waals surface area contributed by atoms with Crippen molar-refractivity contribution in [3.63, 3.8) is 0 Å². The molecule has 0 aliphatic carbocycles. The van der Waals surface area contributed by atoms with Crippen molar-refractivity contribution < 1.29 is 5.11 Å². The molecule has 1 aromatic rings. The fourth-order valence-corrected chi connectivity index (χ4v) is 3.18. The molecular weight excluding hydrogens is 286 g/mol. The average molecular weight is 324 g/mol. The zero-order valence-electron chi connectivity index (χ0n) is 15.5. The number of hydrogen-bond donors (Lipinski definition) is 2. The van der Waals surface area contributed by atoms with Crippen molar-refractivity contribution in [2.24, 2.45) is 5.73 Å². The third-order valence-corrected chi connectivity index (χ3v) is 4.69. The van der Waals surface area contributed by atoms with Gasteiger partial charge in [-0.25, -0.2) is 4.98 Å². The molecule has 0 saturated heterocycles. The number of unbranched alkanes of at least 4 members (excludes halogenated alkanes) is 8. The van der Waals surface area contributed by atoms with Gasteiger partial charge in [-0.3, -0.25) is 0 Å². The molecular formula is C19H37N3O. The molecule has 3 N–H and O–H groups in total. The second-order valence-electron chi connectivity index (χ2n) is 6.64. The van der Waals surface area contributed by atoms with E-state index in [9.17, 15) is 5.11 Å². The summed E-state index contributed by atoms with van der Waals surface area (Å²) in [4.78, 5) is 4.64. The van der Waals surface area contributed by atoms with Crippen molar-refractivity contribution in [1.82, 2.24) is 9.55 Å². The van der Waals surface area contributed by atoms with Crippen LogP contribution in [0.5, 0.6) is 0 Å². The van der Waals surface area contributed by atoms with Crippen LogP contribution in [0.25, 0.3) is 0 Å². The van der Waals surface area contributed by atoms with Crippen LogP contribution in [0.15, 0.2) is 0 Å². The quantitative estimate of drug-likeness (QED) is 0.520. The summed E-state index contributed by atoms with van der Waals surface area (Å²) in [7, 11) is 0. The zero-order chi connectivity index (χ0) is 17.1. The minimum absolute atomic E-state index is 0.0181. The number of aromatic nitrogens is 2. The molecule has 0 aliphatic rings. The molecule has 1 rings (SSSR count). The molecule has 23 heavy (non-hydrogen) atoms. The van der Waals surface area contributed by atoms with Gasteiger partial charge in [0.15, 0.2) is 0 Å². The van der Waals surface area contributed by atoms with Crippen molar-refractivity contribution in [3.8, 4) is 0 Å². The normalized spacial score (nSPS) is 12.7. The SMILES string of the molecule is CCCCCCCCCCCc1nc(C)c(CO)n1C(N)CC. The third kappa shape index (κ3) is 6.64. The second kappa shape index (κ2) is 11.6. The number of hydrogen-bond acceptors (Lipinski definition) is 3. The molecule has 1 atom stereocenters. The highest BCUT2D eigenvalue weighted by Gasteiger charge is 2.17. The van der Waals surface area contributed by atoms with Gasteiger partial charge in [-0.2, -0.15) is 0 Å². The van der Waals surface area contributed by atoms with Gasteiger partial charge in [0.05, 0.1) is 24.2 Å². The summed E-state index contributed by atoms with van der Waals surface area (Å²) in [5.41, 5.74) is 8.01. The van der Waals surface area contributed by atoms with Crippen LogP contribution in [0, 0.1) is 6.92 Å². The first kappa shape index (κ1) is 20.2. The first-order valence-corrected chi connectivity index (χ1v) is 9.58. The van der Waals surface area contributed by atoms with E-state index in [1.165, 1.54) is 51.4 Å². The molecule has 1 heterocycles. The van der Waals surface area contributed by atoms with Crippen LogP contribution in [0.2, 0.25) is 0 Å². The lowest BCUT2D eigenvalue weighted by Crippen LogP contribution is -2.22. The van der Waals surface area contributed by atoms with Crippen molar-refractivity contribution in [2.45, 2.75) is 104 Å². The monoisotopic (exact) mass is 323 g/mol. The maximum absolute atomic E-state index is 9.57. The first-order chi connectivity index (χ1) is 11.2. The number of nitrogens with zero attached hydrogens (tertiary/aromatic N) is 2. The van der Waals surface area contributed by atoms with E-state index in [4.69, 9.17) is 5.73 Å². The number of aryl methyl sites for hydroxylation is 2. The van der Waals surface area contributed by atoms with Gasteiger partial charge in [-0.05, 0) is 19.8 Å². The minimum Gasteiger partial charge on any atom is -0.390 e. The molecule has 0 bridgehead atoms. The summed E-state index contributed by atoms with van der Waals surface area (Å²) in [5.74, 6) is 1.05. The molecule has 0 amide bonds. The highest BCUT2D eigenvalue weighted by atomic mass is 16.3. The van der Waals surface area contributed by atoms with Crippen LogP contribution in [-0.2, 0) is 13.0 Å². The van der Waals surface area contributed by atoms with E-state index >= 15 is 0 Å².